The lowest BCUT2D eigenvalue weighted by atomic mass is 10.0. The summed E-state index contributed by atoms with van der Waals surface area (Å²) in [6.07, 6.45) is -3.15. The van der Waals surface area contributed by atoms with E-state index in [2.05, 4.69) is 10.3 Å². The second kappa shape index (κ2) is 6.88. The van der Waals surface area contributed by atoms with Gasteiger partial charge in [-0.2, -0.15) is 13.2 Å². The maximum atomic E-state index is 12.7. The number of ether oxygens (including phenoxy) is 1. The summed E-state index contributed by atoms with van der Waals surface area (Å²) in [5, 5.41) is 2.78. The first-order chi connectivity index (χ1) is 13.8. The number of nitrogens with zero attached hydrogens (tertiary/aromatic N) is 1. The highest BCUT2D eigenvalue weighted by Gasteiger charge is 2.39. The Hall–Kier alpha value is -3.42. The van der Waals surface area contributed by atoms with Crippen molar-refractivity contribution in [2.24, 2.45) is 10.9 Å². The first-order valence-electron chi connectivity index (χ1n) is 8.75. The third-order valence-electron chi connectivity index (χ3n) is 4.93. The predicted octanol–water partition coefficient (Wildman–Crippen LogP) is 3.60. The Morgan fingerprint density at radius 3 is 2.52 bits per heavy atom. The number of allylic oxidation sites excluding steroid dienone is 1. The Kier molecular flexibility index (Phi) is 4.49. The number of halogens is 3. The Balaban J connectivity index is 1.63. The third-order valence-corrected chi connectivity index (χ3v) is 4.93. The highest BCUT2D eigenvalue weighted by atomic mass is 19.4. The quantitative estimate of drug-likeness (QED) is 0.801. The number of benzene rings is 2. The number of dihydropyridines is 1. The molecule has 8 heteroatoms. The van der Waals surface area contributed by atoms with Crippen molar-refractivity contribution in [3.63, 3.8) is 0 Å². The summed E-state index contributed by atoms with van der Waals surface area (Å²) >= 11 is 0. The van der Waals surface area contributed by atoms with Crippen LogP contribution in [0.5, 0.6) is 5.75 Å². The standard InChI is InChI=1S/C21H15F3N2O3/c1-29-11-6-7-13-12-4-2-3-5-14(12)18(16(13)10-11)26-20(28)15-8-9-17(21(22,23)24)25-19(15)27/h2-10,15,18H,1H3,(H,26,28). The minimum absolute atomic E-state index is 0.557. The van der Waals surface area contributed by atoms with E-state index in [1.165, 1.54) is 7.11 Å². The molecule has 2 atom stereocenters. The molecule has 4 rings (SSSR count). The molecule has 0 fully saturated rings. The largest absolute Gasteiger partial charge is 0.497 e. The van der Waals surface area contributed by atoms with Crippen LogP contribution in [-0.4, -0.2) is 30.8 Å². The molecule has 1 aliphatic carbocycles. The van der Waals surface area contributed by atoms with Crippen LogP contribution in [0.3, 0.4) is 0 Å². The fraction of sp³-hybridized carbons (Fsp3) is 0.190. The van der Waals surface area contributed by atoms with Crippen molar-refractivity contribution in [1.82, 2.24) is 5.32 Å². The number of carbonyl (C=O) groups excluding carboxylic acids is 2. The monoisotopic (exact) mass is 400 g/mol. The molecule has 2 amide bonds. The molecule has 29 heavy (non-hydrogen) atoms. The molecular weight excluding hydrogens is 385 g/mol. The number of hydrogen-bond donors (Lipinski definition) is 1. The Morgan fingerprint density at radius 2 is 1.83 bits per heavy atom. The van der Waals surface area contributed by atoms with Crippen LogP contribution in [-0.2, 0) is 9.59 Å². The van der Waals surface area contributed by atoms with Crippen LogP contribution >= 0.6 is 0 Å². The van der Waals surface area contributed by atoms with Gasteiger partial charge in [-0.15, -0.1) is 0 Å². The molecular formula is C21H15F3N2O3. The molecule has 2 aliphatic rings. The molecule has 0 bridgehead atoms. The molecule has 2 aromatic rings. The Bertz CT molecular complexity index is 1070. The zero-order chi connectivity index (χ0) is 20.8. The van der Waals surface area contributed by atoms with Crippen LogP contribution in [0.4, 0.5) is 13.2 Å². The number of carbonyl (C=O) groups is 2. The molecule has 0 spiro atoms. The molecule has 2 unspecified atom stereocenters. The topological polar surface area (TPSA) is 67.8 Å². The van der Waals surface area contributed by atoms with Gasteiger partial charge in [-0.25, -0.2) is 4.99 Å². The van der Waals surface area contributed by atoms with Crippen molar-refractivity contribution in [1.29, 1.82) is 0 Å². The molecule has 1 N–H and O–H groups in total. The van der Waals surface area contributed by atoms with Crippen LogP contribution in [0, 0.1) is 5.92 Å². The highest BCUT2D eigenvalue weighted by Crippen LogP contribution is 2.44. The van der Waals surface area contributed by atoms with Crippen LogP contribution in [0.2, 0.25) is 0 Å². The van der Waals surface area contributed by atoms with Crippen LogP contribution < -0.4 is 10.1 Å². The number of hydrogen-bond acceptors (Lipinski definition) is 3. The maximum absolute atomic E-state index is 12.7. The summed E-state index contributed by atoms with van der Waals surface area (Å²) in [7, 11) is 1.53. The lowest BCUT2D eigenvalue weighted by Gasteiger charge is -2.20. The highest BCUT2D eigenvalue weighted by molar-refractivity contribution is 6.14. The van der Waals surface area contributed by atoms with Gasteiger partial charge < -0.3 is 10.1 Å². The van der Waals surface area contributed by atoms with Gasteiger partial charge in [0.15, 0.2) is 0 Å². The molecule has 1 heterocycles. The van der Waals surface area contributed by atoms with Crippen molar-refractivity contribution in [3.05, 3.63) is 65.7 Å². The maximum Gasteiger partial charge on any atom is 0.433 e. The van der Waals surface area contributed by atoms with E-state index in [9.17, 15) is 22.8 Å². The van der Waals surface area contributed by atoms with Gasteiger partial charge >= 0.3 is 6.18 Å². The SMILES string of the molecule is COc1ccc2c(c1)C(NC(=O)C1C=CC(C(F)(F)F)=NC1=O)c1ccccc1-2. The lowest BCUT2D eigenvalue weighted by Crippen LogP contribution is -2.38. The number of nitrogens with one attached hydrogen (secondary N) is 1. The van der Waals surface area contributed by atoms with E-state index in [0.29, 0.717) is 11.8 Å². The van der Waals surface area contributed by atoms with Crippen molar-refractivity contribution in [2.75, 3.05) is 7.11 Å². The zero-order valence-electron chi connectivity index (χ0n) is 15.2. The lowest BCUT2D eigenvalue weighted by molar-refractivity contribution is -0.132. The van der Waals surface area contributed by atoms with Gasteiger partial charge in [0.1, 0.15) is 17.4 Å². The Labute approximate surface area is 163 Å². The summed E-state index contributed by atoms with van der Waals surface area (Å²) < 4.78 is 43.4. The van der Waals surface area contributed by atoms with Crippen LogP contribution in [0.25, 0.3) is 11.1 Å². The molecule has 148 valence electrons. The predicted molar refractivity (Wildman–Crippen MR) is 99.5 cm³/mol. The van der Waals surface area contributed by atoms with E-state index < -0.39 is 35.7 Å². The number of methoxy groups -OCH3 is 1. The van der Waals surface area contributed by atoms with E-state index in [-0.39, 0.29) is 0 Å². The number of rotatable bonds is 3. The van der Waals surface area contributed by atoms with Crippen LogP contribution in [0.15, 0.2) is 59.6 Å². The van der Waals surface area contributed by atoms with Crippen molar-refractivity contribution in [2.45, 2.75) is 12.2 Å². The van der Waals surface area contributed by atoms with Crippen molar-refractivity contribution >= 4 is 17.5 Å². The summed E-state index contributed by atoms with van der Waals surface area (Å²) in [5.41, 5.74) is 2.14. The van der Waals surface area contributed by atoms with Gasteiger partial charge in [0.2, 0.25) is 5.91 Å². The van der Waals surface area contributed by atoms with Gasteiger partial charge in [0.25, 0.3) is 5.91 Å². The average molecular weight is 400 g/mol. The van der Waals surface area contributed by atoms with Gasteiger partial charge in [0, 0.05) is 0 Å². The van der Waals surface area contributed by atoms with Gasteiger partial charge in [0.05, 0.1) is 13.2 Å². The van der Waals surface area contributed by atoms with Gasteiger partial charge in [-0.3, -0.25) is 9.59 Å². The second-order valence-electron chi connectivity index (χ2n) is 6.65. The average Bonchev–Trinajstić information content (AvgIpc) is 3.00. The minimum atomic E-state index is -4.74. The molecule has 0 radical (unpaired) electrons. The van der Waals surface area contributed by atoms with E-state index in [0.717, 1.165) is 28.3 Å². The second-order valence-corrected chi connectivity index (χ2v) is 6.65. The first kappa shape index (κ1) is 18.9. The normalized spacial score (nSPS) is 20.0. The third kappa shape index (κ3) is 3.30. The minimum Gasteiger partial charge on any atom is -0.497 e. The number of alkyl halides is 3. The van der Waals surface area contributed by atoms with Gasteiger partial charge in [-0.1, -0.05) is 36.4 Å². The molecule has 0 saturated heterocycles. The summed E-state index contributed by atoms with van der Waals surface area (Å²) in [4.78, 5) is 27.8. The number of amides is 2. The molecule has 0 aromatic heterocycles. The smallest absolute Gasteiger partial charge is 0.433 e. The molecule has 2 aromatic carbocycles. The van der Waals surface area contributed by atoms with Crippen molar-refractivity contribution < 1.29 is 27.5 Å². The molecule has 1 aliphatic heterocycles. The number of fused-ring (bicyclic) bond motifs is 3. The zero-order valence-corrected chi connectivity index (χ0v) is 15.2. The fourth-order valence-corrected chi connectivity index (χ4v) is 3.55. The van der Waals surface area contributed by atoms with Crippen LogP contribution in [0.1, 0.15) is 17.2 Å². The first-order valence-corrected chi connectivity index (χ1v) is 8.75. The summed E-state index contributed by atoms with van der Waals surface area (Å²) in [6, 6.07) is 12.4. The molecule has 5 nitrogen and oxygen atoms in total. The Morgan fingerprint density at radius 1 is 1.10 bits per heavy atom. The van der Waals surface area contributed by atoms with Gasteiger partial charge in [-0.05, 0) is 40.5 Å². The number of aliphatic imine (C=N–C) groups is 1. The van der Waals surface area contributed by atoms with Crippen molar-refractivity contribution in [3.8, 4) is 16.9 Å². The van der Waals surface area contributed by atoms with E-state index in [1.54, 1.807) is 12.1 Å². The summed E-state index contributed by atoms with van der Waals surface area (Å²) in [6.45, 7) is 0. The van der Waals surface area contributed by atoms with E-state index >= 15 is 0 Å². The molecule has 0 saturated carbocycles. The van der Waals surface area contributed by atoms with E-state index in [1.807, 2.05) is 30.3 Å². The summed E-state index contributed by atoms with van der Waals surface area (Å²) in [5.74, 6) is -2.67. The van der Waals surface area contributed by atoms with E-state index in [4.69, 9.17) is 4.74 Å². The fourth-order valence-electron chi connectivity index (χ4n) is 3.55.